The Hall–Kier alpha value is -1.37. The molecule has 0 saturated carbocycles. The molecule has 1 atom stereocenters. The molecule has 0 bridgehead atoms. The molecule has 1 aromatic heterocycles. The molecule has 4 rings (SSSR count). The molecular weight excluding hydrogens is 374 g/mol. The molecule has 0 fully saturated rings. The highest BCUT2D eigenvalue weighted by Gasteiger charge is 2.32. The van der Waals surface area contributed by atoms with E-state index < -0.39 is 0 Å². The number of hydrogen-bond acceptors (Lipinski definition) is 4. The van der Waals surface area contributed by atoms with Crippen LogP contribution in [0.1, 0.15) is 39.5 Å². The van der Waals surface area contributed by atoms with Gasteiger partial charge in [0.05, 0.1) is 5.56 Å². The van der Waals surface area contributed by atoms with Crippen molar-refractivity contribution in [3.63, 3.8) is 0 Å². The highest BCUT2D eigenvalue weighted by molar-refractivity contribution is 9.10. The van der Waals surface area contributed by atoms with Gasteiger partial charge in [0, 0.05) is 22.4 Å². The lowest BCUT2D eigenvalue weighted by molar-refractivity contribution is 0.0934. The monoisotopic (exact) mass is 391 g/mol. The van der Waals surface area contributed by atoms with Gasteiger partial charge in [-0.1, -0.05) is 35.0 Å². The summed E-state index contributed by atoms with van der Waals surface area (Å²) in [5, 5.41) is 7.62. The van der Waals surface area contributed by atoms with E-state index in [-0.39, 0.29) is 12.1 Å². The van der Waals surface area contributed by atoms with Gasteiger partial charge in [0.2, 0.25) is 0 Å². The Labute approximate surface area is 148 Å². The van der Waals surface area contributed by atoms with E-state index in [9.17, 15) is 4.79 Å². The first-order chi connectivity index (χ1) is 11.2. The van der Waals surface area contributed by atoms with Crippen LogP contribution in [0.2, 0.25) is 0 Å². The smallest absolute Gasteiger partial charge is 0.256 e. The number of fused-ring (bicyclic) bond motifs is 3. The number of nitrogens with zero attached hydrogens (tertiary/aromatic N) is 1. The molecule has 2 aliphatic heterocycles. The van der Waals surface area contributed by atoms with E-state index in [1.807, 2.05) is 24.3 Å². The average Bonchev–Trinajstić information content (AvgIpc) is 2.93. The first kappa shape index (κ1) is 15.2. The van der Waals surface area contributed by atoms with Crippen LogP contribution < -0.4 is 10.6 Å². The zero-order valence-corrected chi connectivity index (χ0v) is 15.3. The van der Waals surface area contributed by atoms with Gasteiger partial charge in [0.15, 0.2) is 0 Å². The Morgan fingerprint density at radius 2 is 2.09 bits per heavy atom. The molecule has 0 unspecified atom stereocenters. The molecule has 0 spiro atoms. The van der Waals surface area contributed by atoms with Gasteiger partial charge in [-0.05, 0) is 36.2 Å². The van der Waals surface area contributed by atoms with Gasteiger partial charge in [0.25, 0.3) is 5.91 Å². The Balaban J connectivity index is 1.66. The Bertz CT molecular complexity index is 756. The normalized spacial score (nSPS) is 20.4. The van der Waals surface area contributed by atoms with Crippen LogP contribution in [0.15, 0.2) is 28.7 Å². The maximum absolute atomic E-state index is 12.7. The van der Waals surface area contributed by atoms with Crippen molar-refractivity contribution in [2.45, 2.75) is 26.1 Å². The highest BCUT2D eigenvalue weighted by atomic mass is 79.9. The molecule has 0 saturated heterocycles. The van der Waals surface area contributed by atoms with Crippen LogP contribution in [0, 0.1) is 0 Å². The molecule has 0 aliphatic carbocycles. The largest absolute Gasteiger partial charge is 0.353 e. The fraction of sp³-hybridized carbons (Fsp3) is 0.353. The maximum Gasteiger partial charge on any atom is 0.256 e. The van der Waals surface area contributed by atoms with Gasteiger partial charge in [-0.3, -0.25) is 9.69 Å². The molecule has 2 aliphatic rings. The summed E-state index contributed by atoms with van der Waals surface area (Å²) in [6.45, 7) is 5.24. The Kier molecular flexibility index (Phi) is 3.91. The van der Waals surface area contributed by atoms with Gasteiger partial charge in [0.1, 0.15) is 11.2 Å². The molecule has 120 valence electrons. The lowest BCUT2D eigenvalue weighted by atomic mass is 10.0. The number of carbonyl (C=O) groups excluding carboxylic acids is 1. The number of nitrogens with one attached hydrogen (secondary N) is 2. The van der Waals surface area contributed by atoms with Crippen LogP contribution in [-0.2, 0) is 13.0 Å². The second-order valence-electron chi connectivity index (χ2n) is 5.93. The zero-order valence-electron chi connectivity index (χ0n) is 12.9. The fourth-order valence-corrected chi connectivity index (χ4v) is 4.84. The molecule has 6 heteroatoms. The number of amides is 1. The molecule has 2 N–H and O–H groups in total. The molecule has 2 aromatic rings. The summed E-state index contributed by atoms with van der Waals surface area (Å²) in [4.78, 5) is 16.4. The van der Waals surface area contributed by atoms with E-state index in [2.05, 4.69) is 38.4 Å². The minimum atomic E-state index is -0.162. The third-order valence-corrected chi connectivity index (χ3v) is 6.24. The van der Waals surface area contributed by atoms with Gasteiger partial charge in [-0.25, -0.2) is 0 Å². The van der Waals surface area contributed by atoms with Crippen LogP contribution in [0.3, 0.4) is 0 Å². The maximum atomic E-state index is 12.7. The quantitative estimate of drug-likeness (QED) is 0.819. The van der Waals surface area contributed by atoms with Crippen LogP contribution in [-0.4, -0.2) is 23.9 Å². The zero-order chi connectivity index (χ0) is 16.0. The van der Waals surface area contributed by atoms with Crippen molar-refractivity contribution >= 4 is 38.2 Å². The van der Waals surface area contributed by atoms with E-state index in [1.165, 1.54) is 10.4 Å². The van der Waals surface area contributed by atoms with Crippen LogP contribution in [0.5, 0.6) is 0 Å². The number of carbonyl (C=O) groups is 1. The molecular formula is C17H18BrN3OS. The minimum Gasteiger partial charge on any atom is -0.353 e. The fourth-order valence-electron chi connectivity index (χ4n) is 3.26. The lowest BCUT2D eigenvalue weighted by Crippen LogP contribution is -2.38. The first-order valence-electron chi connectivity index (χ1n) is 7.85. The highest BCUT2D eigenvalue weighted by Crippen LogP contribution is 2.40. The molecule has 3 heterocycles. The summed E-state index contributed by atoms with van der Waals surface area (Å²) in [6.07, 6.45) is 0.804. The number of likely N-dealkylation sites (N-methyl/N-ethyl adjacent to an activating group) is 1. The summed E-state index contributed by atoms with van der Waals surface area (Å²) in [7, 11) is 0. The van der Waals surface area contributed by atoms with Gasteiger partial charge >= 0.3 is 0 Å². The molecule has 0 radical (unpaired) electrons. The van der Waals surface area contributed by atoms with E-state index in [0.717, 1.165) is 46.7 Å². The third-order valence-electron chi connectivity index (χ3n) is 4.56. The second-order valence-corrected chi connectivity index (χ2v) is 7.95. The van der Waals surface area contributed by atoms with Crippen molar-refractivity contribution in [2.24, 2.45) is 0 Å². The van der Waals surface area contributed by atoms with E-state index in [0.29, 0.717) is 0 Å². The van der Waals surface area contributed by atoms with Crippen molar-refractivity contribution in [2.75, 3.05) is 18.4 Å². The number of rotatable bonds is 2. The third kappa shape index (κ3) is 2.69. The lowest BCUT2D eigenvalue weighted by Gasteiger charge is -2.28. The second kappa shape index (κ2) is 5.92. The van der Waals surface area contributed by atoms with Crippen molar-refractivity contribution in [1.29, 1.82) is 0 Å². The van der Waals surface area contributed by atoms with Gasteiger partial charge < -0.3 is 10.6 Å². The predicted molar refractivity (Wildman–Crippen MR) is 96.9 cm³/mol. The Morgan fingerprint density at radius 3 is 2.83 bits per heavy atom. The number of anilines is 1. The summed E-state index contributed by atoms with van der Waals surface area (Å²) in [5.74, 6) is 0.0501. The molecule has 1 amide bonds. The molecule has 23 heavy (non-hydrogen) atoms. The summed E-state index contributed by atoms with van der Waals surface area (Å²) >= 11 is 5.19. The molecule has 1 aromatic carbocycles. The number of halogens is 1. The number of benzene rings is 1. The summed E-state index contributed by atoms with van der Waals surface area (Å²) < 4.78 is 1.04. The predicted octanol–water partition coefficient (Wildman–Crippen LogP) is 3.74. The SMILES string of the molecule is CCN1CCc2c(sc3c2C(=O)N[C@@H](c2ccc(Br)cc2)N3)C1. The number of thiophene rings is 1. The van der Waals surface area contributed by atoms with Crippen LogP contribution in [0.4, 0.5) is 5.00 Å². The topological polar surface area (TPSA) is 44.4 Å². The first-order valence-corrected chi connectivity index (χ1v) is 9.46. The minimum absolute atomic E-state index is 0.0501. The van der Waals surface area contributed by atoms with E-state index >= 15 is 0 Å². The van der Waals surface area contributed by atoms with Crippen LogP contribution in [0.25, 0.3) is 0 Å². The Morgan fingerprint density at radius 1 is 1.30 bits per heavy atom. The van der Waals surface area contributed by atoms with Gasteiger partial charge in [-0.2, -0.15) is 0 Å². The number of hydrogen-bond donors (Lipinski definition) is 2. The van der Waals surface area contributed by atoms with Crippen molar-refractivity contribution in [3.8, 4) is 0 Å². The van der Waals surface area contributed by atoms with Crippen molar-refractivity contribution in [3.05, 3.63) is 50.3 Å². The standard InChI is InChI=1S/C17H18BrN3OS/c1-2-21-8-7-12-13(9-21)23-17-14(12)16(22)19-15(20-17)10-3-5-11(18)6-4-10/h3-6,15,20H,2,7-9H2,1H3,(H,19,22)/t15-/m1/s1. The van der Waals surface area contributed by atoms with E-state index in [1.54, 1.807) is 11.3 Å². The summed E-state index contributed by atoms with van der Waals surface area (Å²) in [6, 6.07) is 8.05. The van der Waals surface area contributed by atoms with Gasteiger partial charge in [-0.15, -0.1) is 11.3 Å². The summed E-state index contributed by atoms with van der Waals surface area (Å²) in [5.41, 5.74) is 3.18. The van der Waals surface area contributed by atoms with Crippen molar-refractivity contribution in [1.82, 2.24) is 10.2 Å². The van der Waals surface area contributed by atoms with Crippen molar-refractivity contribution < 1.29 is 4.79 Å². The van der Waals surface area contributed by atoms with E-state index in [4.69, 9.17) is 0 Å². The average molecular weight is 392 g/mol. The molecule has 4 nitrogen and oxygen atoms in total. The van der Waals surface area contributed by atoms with Crippen LogP contribution >= 0.6 is 27.3 Å².